The van der Waals surface area contributed by atoms with Gasteiger partial charge < -0.3 is 20.3 Å². The molecule has 0 aliphatic carbocycles. The topological polar surface area (TPSA) is 95.9 Å². The zero-order chi connectivity index (χ0) is 45.2. The van der Waals surface area contributed by atoms with E-state index in [1.54, 1.807) is 0 Å². The highest BCUT2D eigenvalue weighted by Crippen LogP contribution is 2.19. The fraction of sp³-hybridized carbons (Fsp3) is 0.964. The fourth-order valence-electron chi connectivity index (χ4n) is 9.14. The third-order valence-corrected chi connectivity index (χ3v) is 13.4. The molecule has 6 nitrogen and oxygen atoms in total. The van der Waals surface area contributed by atoms with Crippen molar-refractivity contribution in [1.29, 1.82) is 0 Å². The van der Waals surface area contributed by atoms with E-state index in [0.717, 1.165) is 38.5 Å². The summed E-state index contributed by atoms with van der Waals surface area (Å²) in [7, 11) is 0. The predicted molar refractivity (Wildman–Crippen MR) is 269 cm³/mol. The third-order valence-electron chi connectivity index (χ3n) is 13.4. The van der Waals surface area contributed by atoms with E-state index in [1.807, 2.05) is 0 Å². The molecule has 0 rings (SSSR count). The molecule has 3 atom stereocenters. The number of carbonyl (C=O) groups excluding carboxylic acids is 2. The van der Waals surface area contributed by atoms with Gasteiger partial charge in [0.15, 0.2) is 0 Å². The first-order valence-corrected chi connectivity index (χ1v) is 28.3. The maximum absolute atomic E-state index is 13.2. The number of rotatable bonds is 52. The van der Waals surface area contributed by atoms with Gasteiger partial charge in [0.25, 0.3) is 0 Å². The highest BCUT2D eigenvalue weighted by Gasteiger charge is 2.24. The average Bonchev–Trinajstić information content (AvgIpc) is 3.26. The second-order valence-corrected chi connectivity index (χ2v) is 19.7. The Morgan fingerprint density at radius 1 is 0.403 bits per heavy atom. The van der Waals surface area contributed by atoms with Crippen molar-refractivity contribution >= 4 is 11.9 Å². The molecule has 6 heteroatoms. The van der Waals surface area contributed by atoms with Crippen LogP contribution in [-0.4, -0.2) is 46.9 Å². The Kier molecular flexibility index (Phi) is 49.9. The van der Waals surface area contributed by atoms with Crippen LogP contribution in [0.5, 0.6) is 0 Å². The molecular weight excluding hydrogens is 767 g/mol. The normalized spacial score (nSPS) is 13.0. The number of hydrogen-bond acceptors (Lipinski definition) is 5. The van der Waals surface area contributed by atoms with Gasteiger partial charge in [0.2, 0.25) is 5.91 Å². The number of aliphatic hydroxyl groups is 2. The van der Waals surface area contributed by atoms with Crippen LogP contribution >= 0.6 is 0 Å². The van der Waals surface area contributed by atoms with E-state index in [2.05, 4.69) is 26.1 Å². The lowest BCUT2D eigenvalue weighted by molar-refractivity contribution is -0.151. The zero-order valence-corrected chi connectivity index (χ0v) is 42.3. The smallest absolute Gasteiger partial charge is 0.306 e. The molecule has 3 unspecified atom stereocenters. The quantitative estimate of drug-likeness (QED) is 0.0418. The van der Waals surface area contributed by atoms with Crippen molar-refractivity contribution in [2.24, 2.45) is 0 Å². The summed E-state index contributed by atoms with van der Waals surface area (Å²) in [6, 6.07) is -0.692. The first kappa shape index (κ1) is 60.9. The maximum Gasteiger partial charge on any atom is 0.306 e. The molecule has 0 fully saturated rings. The minimum absolute atomic E-state index is 0.0885. The van der Waals surface area contributed by atoms with Gasteiger partial charge in [-0.1, -0.05) is 284 Å². The van der Waals surface area contributed by atoms with Gasteiger partial charge in [0, 0.05) is 6.42 Å². The van der Waals surface area contributed by atoms with E-state index >= 15 is 0 Å². The molecule has 0 aliphatic heterocycles. The van der Waals surface area contributed by atoms with E-state index < -0.39 is 18.2 Å². The van der Waals surface area contributed by atoms with E-state index in [1.165, 1.54) is 238 Å². The van der Waals surface area contributed by atoms with Crippen LogP contribution in [-0.2, 0) is 14.3 Å². The van der Waals surface area contributed by atoms with Crippen LogP contribution in [0.1, 0.15) is 323 Å². The van der Waals surface area contributed by atoms with E-state index in [-0.39, 0.29) is 24.9 Å². The van der Waals surface area contributed by atoms with Gasteiger partial charge in [0.1, 0.15) is 6.10 Å². The summed E-state index contributed by atoms with van der Waals surface area (Å²) in [5, 5.41) is 23.8. The van der Waals surface area contributed by atoms with Crippen LogP contribution < -0.4 is 5.32 Å². The van der Waals surface area contributed by atoms with Gasteiger partial charge in [-0.25, -0.2) is 0 Å². The number of esters is 1. The van der Waals surface area contributed by atoms with Crippen molar-refractivity contribution in [2.45, 2.75) is 341 Å². The molecule has 0 aromatic rings. The van der Waals surface area contributed by atoms with Crippen LogP contribution in [0.2, 0.25) is 0 Å². The van der Waals surface area contributed by atoms with Gasteiger partial charge in [-0.2, -0.15) is 0 Å². The van der Waals surface area contributed by atoms with Gasteiger partial charge in [-0.3, -0.25) is 9.59 Å². The SMILES string of the molecule is CCCCCCCCCCCCCCCCCCC(CC(=O)NC(CO)C(O)CCCCCCCCCCCCCCC)OC(=O)CCCCCCCCCCCCCCCC. The van der Waals surface area contributed by atoms with Gasteiger partial charge in [0.05, 0.1) is 25.2 Å². The maximum atomic E-state index is 13.2. The summed E-state index contributed by atoms with van der Waals surface area (Å²) in [6.45, 7) is 6.53. The van der Waals surface area contributed by atoms with Gasteiger partial charge in [-0.05, 0) is 25.7 Å². The molecular formula is C56H111NO5. The Morgan fingerprint density at radius 3 is 0.984 bits per heavy atom. The Hall–Kier alpha value is -1.14. The number of aliphatic hydroxyl groups excluding tert-OH is 2. The van der Waals surface area contributed by atoms with Crippen molar-refractivity contribution in [2.75, 3.05) is 6.61 Å². The number of unbranched alkanes of at least 4 members (excludes halogenated alkanes) is 40. The number of hydrogen-bond donors (Lipinski definition) is 3. The van der Waals surface area contributed by atoms with Crippen molar-refractivity contribution < 1.29 is 24.5 Å². The molecule has 0 radical (unpaired) electrons. The molecule has 0 aromatic carbocycles. The molecule has 62 heavy (non-hydrogen) atoms. The molecule has 0 saturated carbocycles. The average molecular weight is 879 g/mol. The summed E-state index contributed by atoms with van der Waals surface area (Å²) in [5.41, 5.74) is 0. The highest BCUT2D eigenvalue weighted by molar-refractivity contribution is 5.77. The molecule has 0 heterocycles. The minimum atomic E-state index is -0.779. The van der Waals surface area contributed by atoms with Crippen molar-refractivity contribution in [3.63, 3.8) is 0 Å². The first-order chi connectivity index (χ1) is 30.5. The monoisotopic (exact) mass is 878 g/mol. The summed E-state index contributed by atoms with van der Waals surface area (Å²) in [6.07, 6.45) is 55.9. The van der Waals surface area contributed by atoms with E-state index in [9.17, 15) is 19.8 Å². The molecule has 0 bridgehead atoms. The zero-order valence-electron chi connectivity index (χ0n) is 42.3. The fourth-order valence-corrected chi connectivity index (χ4v) is 9.14. The summed E-state index contributed by atoms with van der Waals surface area (Å²) >= 11 is 0. The van der Waals surface area contributed by atoms with Crippen LogP contribution in [0.4, 0.5) is 0 Å². The number of amides is 1. The summed E-state index contributed by atoms with van der Waals surface area (Å²) in [4.78, 5) is 26.2. The van der Waals surface area contributed by atoms with Crippen molar-refractivity contribution in [1.82, 2.24) is 5.32 Å². The van der Waals surface area contributed by atoms with Gasteiger partial charge >= 0.3 is 5.97 Å². The summed E-state index contributed by atoms with van der Waals surface area (Å²) in [5.74, 6) is -0.446. The van der Waals surface area contributed by atoms with Crippen molar-refractivity contribution in [3.05, 3.63) is 0 Å². The third kappa shape index (κ3) is 45.4. The lowest BCUT2D eigenvalue weighted by Crippen LogP contribution is -2.46. The largest absolute Gasteiger partial charge is 0.462 e. The lowest BCUT2D eigenvalue weighted by atomic mass is 10.0. The number of nitrogens with one attached hydrogen (secondary N) is 1. The molecule has 370 valence electrons. The molecule has 3 N–H and O–H groups in total. The van der Waals surface area contributed by atoms with Crippen LogP contribution in [0.15, 0.2) is 0 Å². The Balaban J connectivity index is 4.50. The molecule has 0 saturated heterocycles. The molecule has 0 aliphatic rings. The first-order valence-electron chi connectivity index (χ1n) is 28.3. The van der Waals surface area contributed by atoms with Gasteiger partial charge in [-0.15, -0.1) is 0 Å². The standard InChI is InChI=1S/C56H111NO5/c1-4-7-10-13-16-19-22-25-27-28-30-32-35-38-41-44-47-52(62-56(61)49-46-43-40-37-34-31-26-23-20-17-14-11-8-5-2)50-55(60)57-53(51-58)54(59)48-45-42-39-36-33-29-24-21-18-15-12-9-6-3/h52-54,58-59H,4-51H2,1-3H3,(H,57,60). The summed E-state index contributed by atoms with van der Waals surface area (Å²) < 4.78 is 5.96. The number of carbonyl (C=O) groups is 2. The predicted octanol–water partition coefficient (Wildman–Crippen LogP) is 17.1. The minimum Gasteiger partial charge on any atom is -0.462 e. The Labute approximate surface area is 387 Å². The molecule has 1 amide bonds. The Bertz CT molecular complexity index is 898. The second-order valence-electron chi connectivity index (χ2n) is 19.7. The van der Waals surface area contributed by atoms with Crippen molar-refractivity contribution in [3.8, 4) is 0 Å². The molecule has 0 aromatic heterocycles. The Morgan fingerprint density at radius 2 is 0.677 bits per heavy atom. The second kappa shape index (κ2) is 50.9. The number of ether oxygens (including phenoxy) is 1. The van der Waals surface area contributed by atoms with E-state index in [4.69, 9.17) is 4.74 Å². The van der Waals surface area contributed by atoms with Crippen LogP contribution in [0.25, 0.3) is 0 Å². The van der Waals surface area contributed by atoms with Crippen LogP contribution in [0, 0.1) is 0 Å². The molecule has 0 spiro atoms. The highest BCUT2D eigenvalue weighted by atomic mass is 16.5. The van der Waals surface area contributed by atoms with Crippen LogP contribution in [0.3, 0.4) is 0 Å². The lowest BCUT2D eigenvalue weighted by Gasteiger charge is -2.24. The van der Waals surface area contributed by atoms with E-state index in [0.29, 0.717) is 19.3 Å².